The minimum Gasteiger partial charge on any atom is -0.351 e. The Labute approximate surface area is 127 Å². The average Bonchev–Trinajstić information content (AvgIpc) is 2.90. The molecule has 3 N–H and O–H groups in total. The Morgan fingerprint density at radius 3 is 2.38 bits per heavy atom. The van der Waals surface area contributed by atoms with Crippen molar-refractivity contribution in [3.63, 3.8) is 0 Å². The monoisotopic (exact) mass is 291 g/mol. The van der Waals surface area contributed by atoms with Gasteiger partial charge < -0.3 is 11.1 Å². The van der Waals surface area contributed by atoms with Crippen LogP contribution in [0.25, 0.3) is 0 Å². The van der Waals surface area contributed by atoms with Gasteiger partial charge in [-0.25, -0.2) is 0 Å². The molecule has 0 radical (unpaired) electrons. The number of nitrogens with one attached hydrogen (secondary N) is 1. The molecule has 21 heavy (non-hydrogen) atoms. The first-order valence-corrected chi connectivity index (χ1v) is 8.99. The summed E-state index contributed by atoms with van der Waals surface area (Å²) in [5.74, 6) is 3.78. The molecule has 1 heterocycles. The Morgan fingerprint density at radius 2 is 1.76 bits per heavy atom. The minimum atomic E-state index is 0.0886. The van der Waals surface area contributed by atoms with E-state index >= 15 is 0 Å². The van der Waals surface area contributed by atoms with Crippen molar-refractivity contribution in [2.24, 2.45) is 29.4 Å². The van der Waals surface area contributed by atoms with Crippen molar-refractivity contribution in [2.75, 3.05) is 19.6 Å². The van der Waals surface area contributed by atoms with Gasteiger partial charge in [0.25, 0.3) is 0 Å². The molecule has 4 aliphatic carbocycles. The summed E-state index contributed by atoms with van der Waals surface area (Å²) in [6.07, 6.45) is 9.11. The molecular weight excluding hydrogens is 262 g/mol. The van der Waals surface area contributed by atoms with Crippen molar-refractivity contribution in [3.05, 3.63) is 0 Å². The van der Waals surface area contributed by atoms with E-state index in [0.717, 1.165) is 49.6 Å². The quantitative estimate of drug-likeness (QED) is 0.822. The van der Waals surface area contributed by atoms with Gasteiger partial charge in [-0.3, -0.25) is 9.69 Å². The normalized spacial score (nSPS) is 45.2. The number of carbonyl (C=O) groups is 1. The minimum absolute atomic E-state index is 0.0886. The summed E-state index contributed by atoms with van der Waals surface area (Å²) in [6, 6.07) is 0.566. The lowest BCUT2D eigenvalue weighted by atomic mass is 9.54. The summed E-state index contributed by atoms with van der Waals surface area (Å²) in [5, 5.41) is 3.47. The predicted molar refractivity (Wildman–Crippen MR) is 82.6 cm³/mol. The Bertz CT molecular complexity index is 383. The highest BCUT2D eigenvalue weighted by Gasteiger charge is 2.49. The van der Waals surface area contributed by atoms with E-state index in [2.05, 4.69) is 10.2 Å². The van der Waals surface area contributed by atoms with Gasteiger partial charge in [-0.05, 0) is 75.2 Å². The van der Waals surface area contributed by atoms with E-state index in [9.17, 15) is 4.79 Å². The van der Waals surface area contributed by atoms with E-state index in [-0.39, 0.29) is 6.04 Å². The van der Waals surface area contributed by atoms with Crippen molar-refractivity contribution in [1.29, 1.82) is 0 Å². The third-order valence-electron chi connectivity index (χ3n) is 6.62. The highest BCUT2D eigenvalue weighted by molar-refractivity contribution is 5.82. The molecule has 5 fully saturated rings. The van der Waals surface area contributed by atoms with Gasteiger partial charge in [-0.1, -0.05) is 0 Å². The van der Waals surface area contributed by atoms with Crippen LogP contribution < -0.4 is 11.1 Å². The first-order valence-electron chi connectivity index (χ1n) is 8.99. The van der Waals surface area contributed by atoms with Crippen LogP contribution >= 0.6 is 0 Å². The van der Waals surface area contributed by atoms with Gasteiger partial charge in [0.1, 0.15) is 0 Å². The van der Waals surface area contributed by atoms with Crippen LogP contribution in [-0.4, -0.2) is 42.5 Å². The first kappa shape index (κ1) is 14.0. The summed E-state index contributed by atoms with van der Waals surface area (Å²) in [7, 11) is 0. The maximum atomic E-state index is 12.7. The summed E-state index contributed by atoms with van der Waals surface area (Å²) < 4.78 is 0. The van der Waals surface area contributed by atoms with Crippen molar-refractivity contribution >= 4 is 5.91 Å². The van der Waals surface area contributed by atoms with Gasteiger partial charge in [0.2, 0.25) is 5.91 Å². The molecule has 5 aliphatic rings. The second-order valence-corrected chi connectivity index (χ2v) is 7.95. The second-order valence-electron chi connectivity index (χ2n) is 7.95. The van der Waals surface area contributed by atoms with Crippen LogP contribution in [0.3, 0.4) is 0 Å². The molecule has 0 aromatic heterocycles. The van der Waals surface area contributed by atoms with E-state index in [4.69, 9.17) is 5.73 Å². The van der Waals surface area contributed by atoms with E-state index in [0.29, 0.717) is 18.5 Å². The summed E-state index contributed by atoms with van der Waals surface area (Å²) >= 11 is 0. The van der Waals surface area contributed by atoms with Gasteiger partial charge in [0.15, 0.2) is 0 Å². The molecule has 1 atom stereocenters. The lowest BCUT2D eigenvalue weighted by molar-refractivity contribution is -0.129. The summed E-state index contributed by atoms with van der Waals surface area (Å²) in [4.78, 5) is 15.0. The molecule has 5 rings (SSSR count). The number of hydrogen-bond acceptors (Lipinski definition) is 3. The zero-order valence-corrected chi connectivity index (χ0v) is 13.0. The fraction of sp³-hybridized carbons (Fsp3) is 0.941. The molecule has 1 amide bonds. The third-order valence-corrected chi connectivity index (χ3v) is 6.62. The number of carbonyl (C=O) groups excluding carboxylic acids is 1. The van der Waals surface area contributed by atoms with Gasteiger partial charge in [-0.15, -0.1) is 0 Å². The van der Waals surface area contributed by atoms with E-state index in [1.807, 2.05) is 0 Å². The molecule has 4 saturated carbocycles. The Kier molecular flexibility index (Phi) is 3.70. The van der Waals surface area contributed by atoms with Gasteiger partial charge in [0, 0.05) is 19.1 Å². The zero-order valence-electron chi connectivity index (χ0n) is 13.0. The maximum Gasteiger partial charge on any atom is 0.237 e. The van der Waals surface area contributed by atoms with Gasteiger partial charge in [0.05, 0.1) is 6.04 Å². The molecule has 1 saturated heterocycles. The number of rotatable bonds is 4. The SMILES string of the molecule is NCCN1CCC[C@@H]1C(=O)NC1C2CC3CC(C2)CC1C3. The zero-order chi connectivity index (χ0) is 14.4. The van der Waals surface area contributed by atoms with Crippen LogP contribution in [-0.2, 0) is 4.79 Å². The van der Waals surface area contributed by atoms with Crippen molar-refractivity contribution in [1.82, 2.24) is 10.2 Å². The second kappa shape index (κ2) is 5.54. The molecule has 0 unspecified atom stereocenters. The van der Waals surface area contributed by atoms with Crippen molar-refractivity contribution < 1.29 is 4.79 Å². The fourth-order valence-electron chi connectivity index (χ4n) is 5.98. The van der Waals surface area contributed by atoms with Crippen LogP contribution in [0.1, 0.15) is 44.9 Å². The molecule has 0 aromatic carbocycles. The largest absolute Gasteiger partial charge is 0.351 e. The summed E-state index contributed by atoms with van der Waals surface area (Å²) in [5.41, 5.74) is 5.68. The van der Waals surface area contributed by atoms with E-state index in [1.54, 1.807) is 0 Å². The number of likely N-dealkylation sites (tertiary alicyclic amines) is 1. The number of hydrogen-bond donors (Lipinski definition) is 2. The summed E-state index contributed by atoms with van der Waals surface area (Å²) in [6.45, 7) is 2.55. The van der Waals surface area contributed by atoms with Crippen LogP contribution in [0.4, 0.5) is 0 Å². The lowest BCUT2D eigenvalue weighted by Gasteiger charge is -2.54. The molecule has 1 aliphatic heterocycles. The van der Waals surface area contributed by atoms with Crippen LogP contribution in [0.15, 0.2) is 0 Å². The molecule has 4 heteroatoms. The highest BCUT2D eigenvalue weighted by atomic mass is 16.2. The van der Waals surface area contributed by atoms with Crippen molar-refractivity contribution in [3.8, 4) is 0 Å². The molecule has 4 nitrogen and oxygen atoms in total. The van der Waals surface area contributed by atoms with Crippen molar-refractivity contribution in [2.45, 2.75) is 57.0 Å². The molecule has 0 aromatic rings. The third kappa shape index (κ3) is 2.50. The van der Waals surface area contributed by atoms with Crippen LogP contribution in [0.5, 0.6) is 0 Å². The molecule has 0 spiro atoms. The van der Waals surface area contributed by atoms with Crippen LogP contribution in [0, 0.1) is 23.7 Å². The first-order chi connectivity index (χ1) is 10.2. The Balaban J connectivity index is 1.40. The number of nitrogens with zero attached hydrogens (tertiary/aromatic N) is 1. The molecular formula is C17H29N3O. The predicted octanol–water partition coefficient (Wildman–Crippen LogP) is 1.35. The fourth-order valence-corrected chi connectivity index (χ4v) is 5.98. The van der Waals surface area contributed by atoms with Gasteiger partial charge in [-0.2, -0.15) is 0 Å². The Morgan fingerprint density at radius 1 is 1.10 bits per heavy atom. The number of amides is 1. The average molecular weight is 291 g/mol. The standard InChI is InChI=1S/C17H29N3O/c18-3-5-20-4-1-2-15(20)17(21)19-16-13-7-11-6-12(9-13)10-14(16)8-11/h11-16H,1-10,18H2,(H,19,21)/t11?,12?,13?,14?,15-,16?/m1/s1. The molecule has 118 valence electrons. The smallest absolute Gasteiger partial charge is 0.237 e. The Hall–Kier alpha value is -0.610. The highest BCUT2D eigenvalue weighted by Crippen LogP contribution is 2.53. The molecule has 4 bridgehead atoms. The van der Waals surface area contributed by atoms with E-state index < -0.39 is 0 Å². The number of nitrogens with two attached hydrogens (primary N) is 1. The van der Waals surface area contributed by atoms with E-state index in [1.165, 1.54) is 32.1 Å². The topological polar surface area (TPSA) is 58.4 Å². The lowest BCUT2D eigenvalue weighted by Crippen LogP contribution is -2.58. The van der Waals surface area contributed by atoms with Crippen LogP contribution in [0.2, 0.25) is 0 Å². The van der Waals surface area contributed by atoms with Gasteiger partial charge >= 0.3 is 0 Å². The maximum absolute atomic E-state index is 12.7.